The van der Waals surface area contributed by atoms with Crippen LogP contribution in [-0.2, 0) is 22.4 Å². The Morgan fingerprint density at radius 2 is 1.50 bits per heavy atom. The van der Waals surface area contributed by atoms with E-state index in [1.54, 1.807) is 0 Å². The van der Waals surface area contributed by atoms with Crippen molar-refractivity contribution in [3.05, 3.63) is 106 Å². The van der Waals surface area contributed by atoms with Gasteiger partial charge in [-0.3, -0.25) is 14.5 Å². The molecule has 3 aromatic carbocycles. The molecule has 0 aliphatic carbocycles. The second-order valence-corrected chi connectivity index (χ2v) is 8.54. The summed E-state index contributed by atoms with van der Waals surface area (Å²) in [5.41, 5.74) is 3.87. The van der Waals surface area contributed by atoms with E-state index in [9.17, 15) is 19.1 Å². The first-order valence-corrected chi connectivity index (χ1v) is 11.7. The molecule has 4 rings (SSSR count). The van der Waals surface area contributed by atoms with Crippen LogP contribution in [0.5, 0.6) is 0 Å². The molecular formula is C29H28FNO3. The number of nitrogens with zero attached hydrogens (tertiary/aromatic N) is 1. The lowest BCUT2D eigenvalue weighted by molar-refractivity contribution is -0.132. The lowest BCUT2D eigenvalue weighted by Gasteiger charge is -2.26. The van der Waals surface area contributed by atoms with E-state index in [1.807, 2.05) is 48.5 Å². The van der Waals surface area contributed by atoms with Gasteiger partial charge in [-0.1, -0.05) is 56.7 Å². The maximum Gasteiger partial charge on any atom is 0.300 e. The highest BCUT2D eigenvalue weighted by Crippen LogP contribution is 2.42. The lowest BCUT2D eigenvalue weighted by atomic mass is 9.94. The van der Waals surface area contributed by atoms with E-state index in [2.05, 4.69) is 13.8 Å². The van der Waals surface area contributed by atoms with Crippen LogP contribution in [0.4, 0.5) is 10.1 Å². The van der Waals surface area contributed by atoms with Crippen LogP contribution in [-0.4, -0.2) is 16.8 Å². The number of aliphatic hydroxyl groups excluding tert-OH is 1. The highest BCUT2D eigenvalue weighted by Gasteiger charge is 2.46. The Balaban J connectivity index is 1.84. The molecule has 1 aliphatic rings. The third-order valence-corrected chi connectivity index (χ3v) is 6.30. The largest absolute Gasteiger partial charge is 0.507 e. The SMILES string of the molecule is CCCCc1ccc(N2C(=O)C(=O)/C(=C(/O)c3ccc(F)cc3)C2c2ccc(CC)cc2)cc1. The van der Waals surface area contributed by atoms with Gasteiger partial charge >= 0.3 is 0 Å². The Labute approximate surface area is 199 Å². The number of ketones is 1. The summed E-state index contributed by atoms with van der Waals surface area (Å²) in [6.45, 7) is 4.19. The molecule has 0 bridgehead atoms. The Morgan fingerprint density at radius 1 is 0.882 bits per heavy atom. The molecule has 1 heterocycles. The molecule has 5 heteroatoms. The molecule has 1 unspecified atom stereocenters. The quantitative estimate of drug-likeness (QED) is 0.255. The number of hydrogen-bond donors (Lipinski definition) is 1. The van der Waals surface area contributed by atoms with Gasteiger partial charge in [0, 0.05) is 11.3 Å². The predicted octanol–water partition coefficient (Wildman–Crippen LogP) is 6.36. The number of anilines is 1. The van der Waals surface area contributed by atoms with Crippen LogP contribution in [0.1, 0.15) is 55.0 Å². The van der Waals surface area contributed by atoms with Gasteiger partial charge in [0.2, 0.25) is 0 Å². The maximum atomic E-state index is 13.4. The van der Waals surface area contributed by atoms with Crippen LogP contribution in [0.2, 0.25) is 0 Å². The van der Waals surface area contributed by atoms with Crippen molar-refractivity contribution in [3.63, 3.8) is 0 Å². The molecule has 0 radical (unpaired) electrons. The van der Waals surface area contributed by atoms with Crippen molar-refractivity contribution in [2.24, 2.45) is 0 Å². The van der Waals surface area contributed by atoms with Gasteiger partial charge in [-0.2, -0.15) is 0 Å². The number of Topliss-reactive ketones (excluding diaryl/α,β-unsaturated/α-hetero) is 1. The fraction of sp³-hybridized carbons (Fsp3) is 0.241. The summed E-state index contributed by atoms with van der Waals surface area (Å²) in [5, 5.41) is 11.1. The van der Waals surface area contributed by atoms with Crippen molar-refractivity contribution < 1.29 is 19.1 Å². The van der Waals surface area contributed by atoms with E-state index in [0.29, 0.717) is 5.69 Å². The molecule has 4 nitrogen and oxygen atoms in total. The van der Waals surface area contributed by atoms with Gasteiger partial charge in [-0.05, 0) is 72.4 Å². The zero-order valence-electron chi connectivity index (χ0n) is 19.4. The number of halogens is 1. The van der Waals surface area contributed by atoms with Gasteiger partial charge in [0.05, 0.1) is 11.6 Å². The predicted molar refractivity (Wildman–Crippen MR) is 132 cm³/mol. The van der Waals surface area contributed by atoms with E-state index in [1.165, 1.54) is 29.2 Å². The topological polar surface area (TPSA) is 57.6 Å². The first kappa shape index (κ1) is 23.4. The van der Waals surface area contributed by atoms with Crippen LogP contribution >= 0.6 is 0 Å². The van der Waals surface area contributed by atoms with Crippen LogP contribution in [0.15, 0.2) is 78.4 Å². The van der Waals surface area contributed by atoms with E-state index >= 15 is 0 Å². The average Bonchev–Trinajstić information content (AvgIpc) is 3.13. The Bertz CT molecular complexity index is 1210. The second kappa shape index (κ2) is 10.0. The fourth-order valence-corrected chi connectivity index (χ4v) is 4.32. The molecule has 0 spiro atoms. The first-order valence-electron chi connectivity index (χ1n) is 11.7. The number of aryl methyl sites for hydroxylation is 2. The first-order chi connectivity index (χ1) is 16.4. The molecule has 1 fully saturated rings. The Kier molecular flexibility index (Phi) is 6.92. The molecule has 1 aliphatic heterocycles. The van der Waals surface area contributed by atoms with E-state index in [4.69, 9.17) is 0 Å². The summed E-state index contributed by atoms with van der Waals surface area (Å²) >= 11 is 0. The average molecular weight is 458 g/mol. The number of benzene rings is 3. The number of carbonyl (C=O) groups excluding carboxylic acids is 2. The summed E-state index contributed by atoms with van der Waals surface area (Å²) in [6.07, 6.45) is 3.97. The number of hydrogen-bond acceptors (Lipinski definition) is 3. The van der Waals surface area contributed by atoms with Crippen molar-refractivity contribution in [1.82, 2.24) is 0 Å². The minimum absolute atomic E-state index is 0.00378. The molecule has 1 saturated heterocycles. The molecule has 3 aromatic rings. The van der Waals surface area contributed by atoms with Crippen molar-refractivity contribution in [2.75, 3.05) is 4.90 Å². The van der Waals surface area contributed by atoms with Gasteiger partial charge in [0.25, 0.3) is 11.7 Å². The number of carbonyl (C=O) groups is 2. The van der Waals surface area contributed by atoms with Crippen molar-refractivity contribution >= 4 is 23.1 Å². The Morgan fingerprint density at radius 3 is 2.09 bits per heavy atom. The van der Waals surface area contributed by atoms with Crippen molar-refractivity contribution in [3.8, 4) is 0 Å². The molecule has 174 valence electrons. The molecule has 34 heavy (non-hydrogen) atoms. The Hall–Kier alpha value is -3.73. The third-order valence-electron chi connectivity index (χ3n) is 6.30. The molecule has 0 saturated carbocycles. The second-order valence-electron chi connectivity index (χ2n) is 8.54. The van der Waals surface area contributed by atoms with Crippen LogP contribution < -0.4 is 4.90 Å². The minimum atomic E-state index is -0.794. The van der Waals surface area contributed by atoms with Gasteiger partial charge in [0.15, 0.2) is 0 Å². The van der Waals surface area contributed by atoms with E-state index in [-0.39, 0.29) is 16.9 Å². The summed E-state index contributed by atoms with van der Waals surface area (Å²) in [7, 11) is 0. The van der Waals surface area contributed by atoms with Crippen molar-refractivity contribution in [2.45, 2.75) is 45.6 Å². The van der Waals surface area contributed by atoms with Gasteiger partial charge in [0.1, 0.15) is 11.6 Å². The molecular weight excluding hydrogens is 429 g/mol. The van der Waals surface area contributed by atoms with Gasteiger partial charge in [-0.25, -0.2) is 4.39 Å². The molecule has 1 N–H and O–H groups in total. The summed E-state index contributed by atoms with van der Waals surface area (Å²) in [6, 6.07) is 19.8. The monoisotopic (exact) mass is 457 g/mol. The summed E-state index contributed by atoms with van der Waals surface area (Å²) in [4.78, 5) is 27.9. The maximum absolute atomic E-state index is 13.4. The minimum Gasteiger partial charge on any atom is -0.507 e. The van der Waals surface area contributed by atoms with Crippen LogP contribution in [0, 0.1) is 5.82 Å². The number of rotatable bonds is 7. The summed E-state index contributed by atoms with van der Waals surface area (Å²) in [5.74, 6) is -2.23. The van der Waals surface area contributed by atoms with Gasteiger partial charge < -0.3 is 5.11 Å². The molecule has 1 atom stereocenters. The third kappa shape index (κ3) is 4.51. The molecule has 0 aromatic heterocycles. The molecule has 1 amide bonds. The zero-order chi connectivity index (χ0) is 24.2. The van der Waals surface area contributed by atoms with Crippen molar-refractivity contribution in [1.29, 1.82) is 0 Å². The van der Waals surface area contributed by atoms with Gasteiger partial charge in [-0.15, -0.1) is 0 Å². The smallest absolute Gasteiger partial charge is 0.300 e. The number of unbranched alkanes of at least 4 members (excludes halogenated alkanes) is 1. The fourth-order valence-electron chi connectivity index (χ4n) is 4.32. The van der Waals surface area contributed by atoms with Crippen LogP contribution in [0.3, 0.4) is 0 Å². The van der Waals surface area contributed by atoms with E-state index in [0.717, 1.165) is 42.4 Å². The highest BCUT2D eigenvalue weighted by atomic mass is 19.1. The summed E-state index contributed by atoms with van der Waals surface area (Å²) < 4.78 is 13.4. The van der Waals surface area contributed by atoms with Crippen LogP contribution in [0.25, 0.3) is 5.76 Å². The number of amides is 1. The van der Waals surface area contributed by atoms with E-state index < -0.39 is 23.5 Å². The standard InChI is InChI=1S/C29H28FNO3/c1-3-5-6-20-9-17-24(18-10-20)31-26(21-11-7-19(4-2)8-12-21)25(28(33)29(31)34)27(32)22-13-15-23(30)16-14-22/h7-18,26,32H,3-6H2,1-2H3/b27-25+. The lowest BCUT2D eigenvalue weighted by Crippen LogP contribution is -2.29. The highest BCUT2D eigenvalue weighted by molar-refractivity contribution is 6.51. The normalized spacial score (nSPS) is 17.4. The number of aliphatic hydroxyl groups is 1. The zero-order valence-corrected chi connectivity index (χ0v) is 19.4.